The standard InChI is InChI=1S/C33H26BrFN4O7S3/c34-14-1-10-22(46-13-23(40)37-16-4-8-18(9-5-16)49(36,44)45)19(11-14)24-25-20-12-21(28(25)47-30-29(24)48-33(43)38-30)27-26(20)31(41)39(32(27)42)17-6-2-15(35)3-7-17/h1-11,20-21,24-28H,12-13H2,(H,37,40)(H,38,43)(H2,36,44,45)/t20?,21?,24-,25?,26?,27?,28?/m1/s1. The molecule has 11 nitrogen and oxygen atoms in total. The molecular weight excluding hydrogens is 759 g/mol. The first-order valence-corrected chi connectivity index (χ1v) is 19.3. The Morgan fingerprint density at radius 2 is 1.71 bits per heavy atom. The number of H-pyrrole nitrogens is 1. The molecule has 8 rings (SSSR count). The minimum Gasteiger partial charge on any atom is -0.483 e. The van der Waals surface area contributed by atoms with Crippen LogP contribution in [0.15, 0.2) is 85.9 Å². The molecule has 1 saturated heterocycles. The number of amides is 3. The summed E-state index contributed by atoms with van der Waals surface area (Å²) in [6.45, 7) is -0.367. The summed E-state index contributed by atoms with van der Waals surface area (Å²) in [6, 6.07) is 16.2. The minimum absolute atomic E-state index is 0.0747. The zero-order chi connectivity index (χ0) is 34.4. The second-order valence-electron chi connectivity index (χ2n) is 12.5. The van der Waals surface area contributed by atoms with Gasteiger partial charge in [0.05, 0.1) is 27.4 Å². The average Bonchev–Trinajstić information content (AvgIpc) is 3.79. The first-order valence-electron chi connectivity index (χ1n) is 15.3. The van der Waals surface area contributed by atoms with Gasteiger partial charge in [-0.2, -0.15) is 0 Å². The third kappa shape index (κ3) is 5.44. The number of hydrogen-bond acceptors (Lipinski definition) is 9. The molecule has 0 radical (unpaired) electrons. The topological polar surface area (TPSA) is 169 Å². The van der Waals surface area contributed by atoms with Crippen molar-refractivity contribution in [2.75, 3.05) is 16.8 Å². The van der Waals surface area contributed by atoms with Crippen molar-refractivity contribution in [1.82, 2.24) is 4.98 Å². The first-order chi connectivity index (χ1) is 23.4. The molecule has 6 unspecified atom stereocenters. The fraction of sp³-hybridized carbons (Fsp3) is 0.273. The smallest absolute Gasteiger partial charge is 0.305 e. The van der Waals surface area contributed by atoms with Gasteiger partial charge in [-0.1, -0.05) is 27.3 Å². The number of rotatable bonds is 7. The summed E-state index contributed by atoms with van der Waals surface area (Å²) in [6.07, 6.45) is 0.679. The van der Waals surface area contributed by atoms with Gasteiger partial charge in [-0.05, 0) is 90.9 Å². The van der Waals surface area contributed by atoms with Crippen LogP contribution in [-0.2, 0) is 24.4 Å². The second-order valence-corrected chi connectivity index (χ2v) is 17.2. The minimum atomic E-state index is -3.88. The number of benzene rings is 3. The lowest BCUT2D eigenvalue weighted by molar-refractivity contribution is -0.123. The summed E-state index contributed by atoms with van der Waals surface area (Å²) in [5.74, 6) is -2.92. The van der Waals surface area contributed by atoms with Crippen molar-refractivity contribution in [2.24, 2.45) is 34.7 Å². The molecule has 252 valence electrons. The lowest BCUT2D eigenvalue weighted by atomic mass is 9.68. The Bertz CT molecular complexity index is 2210. The Balaban J connectivity index is 1.11. The van der Waals surface area contributed by atoms with Crippen LogP contribution in [0.25, 0.3) is 0 Å². The number of aromatic nitrogens is 1. The fourth-order valence-electron chi connectivity index (χ4n) is 8.17. The van der Waals surface area contributed by atoms with E-state index in [1.807, 2.05) is 6.07 Å². The summed E-state index contributed by atoms with van der Waals surface area (Å²) in [5, 5.41) is 8.49. The summed E-state index contributed by atoms with van der Waals surface area (Å²) in [7, 11) is -3.88. The lowest BCUT2D eigenvalue weighted by Crippen LogP contribution is -2.42. The van der Waals surface area contributed by atoms with E-state index in [-0.39, 0.29) is 57.1 Å². The van der Waals surface area contributed by atoms with Crippen molar-refractivity contribution in [3.05, 3.63) is 97.1 Å². The fourth-order valence-corrected chi connectivity index (χ4v) is 11.9. The van der Waals surface area contributed by atoms with Crippen LogP contribution in [0.2, 0.25) is 0 Å². The predicted octanol–water partition coefficient (Wildman–Crippen LogP) is 4.68. The highest BCUT2D eigenvalue weighted by Crippen LogP contribution is 2.69. The molecule has 0 spiro atoms. The van der Waals surface area contributed by atoms with Crippen LogP contribution in [0.5, 0.6) is 5.75 Å². The van der Waals surface area contributed by atoms with Gasteiger partial charge in [0.2, 0.25) is 21.8 Å². The van der Waals surface area contributed by atoms with Crippen molar-refractivity contribution in [1.29, 1.82) is 0 Å². The molecule has 4 aromatic rings. The highest BCUT2D eigenvalue weighted by atomic mass is 79.9. The zero-order valence-electron chi connectivity index (χ0n) is 25.2. The van der Waals surface area contributed by atoms with Crippen LogP contribution < -0.4 is 25.0 Å². The van der Waals surface area contributed by atoms with Gasteiger partial charge < -0.3 is 15.0 Å². The van der Waals surface area contributed by atoms with E-state index in [2.05, 4.69) is 26.2 Å². The van der Waals surface area contributed by atoms with E-state index in [0.29, 0.717) is 23.5 Å². The number of anilines is 2. The quantitative estimate of drug-likeness (QED) is 0.227. The Morgan fingerprint density at radius 1 is 1.02 bits per heavy atom. The molecule has 16 heteroatoms. The average molecular weight is 786 g/mol. The maximum Gasteiger partial charge on any atom is 0.305 e. The molecule has 4 aliphatic rings. The van der Waals surface area contributed by atoms with Crippen molar-refractivity contribution in [2.45, 2.75) is 27.5 Å². The molecule has 1 aromatic heterocycles. The SMILES string of the molecule is NS(=O)(=O)c1ccc(NC(=O)COc2ccc(Br)cc2[C@H]2c3sc(=O)[nH]c3SC3C4CC(C5C(=O)N(c6ccc(F)cc6)C(=O)C45)C32)cc1. The largest absolute Gasteiger partial charge is 0.483 e. The van der Waals surface area contributed by atoms with Gasteiger partial charge >= 0.3 is 4.87 Å². The number of fused-ring (bicyclic) bond motifs is 9. The van der Waals surface area contributed by atoms with E-state index in [0.717, 1.165) is 31.3 Å². The van der Waals surface area contributed by atoms with Crippen molar-refractivity contribution in [3.8, 4) is 5.75 Å². The molecule has 2 aliphatic carbocycles. The van der Waals surface area contributed by atoms with Crippen LogP contribution in [0, 0.1) is 35.4 Å². The van der Waals surface area contributed by atoms with E-state index in [1.54, 1.807) is 23.9 Å². The molecule has 4 N–H and O–H groups in total. The third-order valence-electron chi connectivity index (χ3n) is 9.94. The summed E-state index contributed by atoms with van der Waals surface area (Å²) >= 11 is 6.24. The number of carbonyl (C=O) groups excluding carboxylic acids is 3. The van der Waals surface area contributed by atoms with E-state index in [1.165, 1.54) is 53.4 Å². The van der Waals surface area contributed by atoms with E-state index < -0.39 is 33.6 Å². The molecule has 3 fully saturated rings. The Kier molecular flexibility index (Phi) is 7.86. The van der Waals surface area contributed by atoms with E-state index in [4.69, 9.17) is 9.88 Å². The van der Waals surface area contributed by atoms with Crippen molar-refractivity contribution >= 4 is 78.1 Å². The molecule has 7 atom stereocenters. The monoisotopic (exact) mass is 784 g/mol. The lowest BCUT2D eigenvalue weighted by Gasteiger charge is -2.43. The number of nitrogens with one attached hydrogen (secondary N) is 2. The number of ether oxygens (including phenoxy) is 1. The normalized spacial score (nSPS) is 26.8. The van der Waals surface area contributed by atoms with Crippen LogP contribution in [0.1, 0.15) is 22.8 Å². The van der Waals surface area contributed by atoms with Gasteiger partial charge in [0.15, 0.2) is 6.61 Å². The summed E-state index contributed by atoms with van der Waals surface area (Å²) < 4.78 is 43.7. The number of nitrogens with two attached hydrogens (primary N) is 1. The van der Waals surface area contributed by atoms with Crippen LogP contribution in [0.3, 0.4) is 0 Å². The molecule has 3 aromatic carbocycles. The first kappa shape index (κ1) is 32.4. The Morgan fingerprint density at radius 3 is 2.41 bits per heavy atom. The van der Waals surface area contributed by atoms with Gasteiger partial charge in [0, 0.05) is 31.8 Å². The molecule has 2 bridgehead atoms. The van der Waals surface area contributed by atoms with Crippen LogP contribution in [-0.4, -0.2) is 43.0 Å². The van der Waals surface area contributed by atoms with E-state index >= 15 is 0 Å². The third-order valence-corrected chi connectivity index (χ3v) is 14.0. The maximum absolute atomic E-state index is 14.0. The molecular formula is C33H26BrFN4O7S3. The summed E-state index contributed by atoms with van der Waals surface area (Å²) in [5.41, 5.74) is 1.44. The number of nitrogens with zero attached hydrogens (tertiary/aromatic N) is 1. The number of aromatic amines is 1. The number of imide groups is 1. The molecule has 49 heavy (non-hydrogen) atoms. The number of sulfonamides is 1. The summed E-state index contributed by atoms with van der Waals surface area (Å²) in [4.78, 5) is 58.2. The maximum atomic E-state index is 14.0. The number of halogens is 2. The molecule has 2 aliphatic heterocycles. The van der Waals surface area contributed by atoms with Gasteiger partial charge in [-0.15, -0.1) is 11.8 Å². The number of primary sulfonamides is 1. The predicted molar refractivity (Wildman–Crippen MR) is 183 cm³/mol. The molecule has 3 heterocycles. The van der Waals surface area contributed by atoms with Gasteiger partial charge in [0.1, 0.15) is 11.6 Å². The molecule has 2 saturated carbocycles. The molecule has 3 amide bonds. The Hall–Kier alpha value is -3.83. The highest BCUT2D eigenvalue weighted by Gasteiger charge is 2.69. The van der Waals surface area contributed by atoms with Gasteiger partial charge in [0.25, 0.3) is 5.91 Å². The van der Waals surface area contributed by atoms with Gasteiger partial charge in [-0.3, -0.25) is 24.1 Å². The number of thioether (sulfide) groups is 1. The van der Waals surface area contributed by atoms with Crippen molar-refractivity contribution in [3.63, 3.8) is 0 Å². The second kappa shape index (κ2) is 11.9. The van der Waals surface area contributed by atoms with E-state index in [9.17, 15) is 32.0 Å². The van der Waals surface area contributed by atoms with Crippen LogP contribution in [0.4, 0.5) is 15.8 Å². The number of carbonyl (C=O) groups is 3. The highest BCUT2D eigenvalue weighted by molar-refractivity contribution is 9.10. The zero-order valence-corrected chi connectivity index (χ0v) is 29.2. The number of hydrogen-bond donors (Lipinski definition) is 3. The number of thiazole rings is 1. The Labute approximate surface area is 295 Å². The van der Waals surface area contributed by atoms with Crippen LogP contribution >= 0.6 is 39.0 Å². The van der Waals surface area contributed by atoms with Crippen molar-refractivity contribution < 1.29 is 31.9 Å². The van der Waals surface area contributed by atoms with Gasteiger partial charge in [-0.25, -0.2) is 17.9 Å².